The number of carbonyl (C=O) groups excluding carboxylic acids is 2. The number of aliphatic imine (C=N–C) groups is 1. The summed E-state index contributed by atoms with van der Waals surface area (Å²) in [4.78, 5) is 28.6. The molecule has 274 valence electrons. The minimum Gasteiger partial charge on any atom is -0.497 e. The summed E-state index contributed by atoms with van der Waals surface area (Å²) in [5.41, 5.74) is 8.38. The van der Waals surface area contributed by atoms with Crippen molar-refractivity contribution >= 4 is 17.8 Å². The van der Waals surface area contributed by atoms with Gasteiger partial charge in [-0.25, -0.2) is 0 Å². The van der Waals surface area contributed by atoms with Gasteiger partial charge in [0.05, 0.1) is 48.6 Å². The van der Waals surface area contributed by atoms with Crippen molar-refractivity contribution < 1.29 is 33.3 Å². The number of ether oxygens (including phenoxy) is 5. The summed E-state index contributed by atoms with van der Waals surface area (Å²) in [6.45, 7) is 8.50. The lowest BCUT2D eigenvalue weighted by Gasteiger charge is -2.19. The van der Waals surface area contributed by atoms with E-state index >= 15 is 0 Å². The lowest BCUT2D eigenvalue weighted by atomic mass is 9.85. The van der Waals surface area contributed by atoms with Crippen LogP contribution in [-0.4, -0.2) is 66.4 Å². The topological polar surface area (TPSA) is 119 Å². The molecule has 2 N–H and O–H groups in total. The van der Waals surface area contributed by atoms with Gasteiger partial charge in [0.15, 0.2) is 34.6 Å². The summed E-state index contributed by atoms with van der Waals surface area (Å²) >= 11 is 0. The van der Waals surface area contributed by atoms with Crippen LogP contribution in [-0.2, 0) is 9.59 Å². The minimum absolute atomic E-state index is 0.0544. The summed E-state index contributed by atoms with van der Waals surface area (Å²) in [5, 5.41) is 0. The Balaban J connectivity index is 0.000000292. The van der Waals surface area contributed by atoms with E-state index in [2.05, 4.69) is 18.8 Å². The molecule has 51 heavy (non-hydrogen) atoms. The van der Waals surface area contributed by atoms with Crippen molar-refractivity contribution in [1.82, 2.24) is 0 Å². The summed E-state index contributed by atoms with van der Waals surface area (Å²) in [6.07, 6.45) is 1.70. The van der Waals surface area contributed by atoms with Gasteiger partial charge in [-0.15, -0.1) is 0 Å². The molecule has 4 aromatic carbocycles. The number of rotatable bonds is 15. The van der Waals surface area contributed by atoms with Crippen molar-refractivity contribution in [3.8, 4) is 28.7 Å². The highest BCUT2D eigenvalue weighted by atomic mass is 16.5. The van der Waals surface area contributed by atoms with E-state index in [1.807, 2.05) is 98.8 Å². The number of methoxy groups -OCH3 is 5. The Morgan fingerprint density at radius 3 is 1.47 bits per heavy atom. The fraction of sp³-hybridized carbons (Fsp3) is 0.357. The fourth-order valence-electron chi connectivity index (χ4n) is 5.55. The first-order chi connectivity index (χ1) is 24.5. The van der Waals surface area contributed by atoms with E-state index in [9.17, 15) is 9.59 Å². The standard InChI is InChI=1S/C21H25NO3.C12H17NO.C9H12O3/c1-15(2)21(17-8-6-5-7-9-17)18(23)14-22-13-16-10-11-19(24-3)20(12-16)25-4;1-9(2)12(11(14)8-13)10-6-4-3-5-7-10;1-10-7-4-5-8(11-2)9(6-7)12-3/h5-13,15,21H,14H2,1-4H3;3-7,9,12H,8,13H2,1-2H3;4-6H,1-3H3. The summed E-state index contributed by atoms with van der Waals surface area (Å²) < 4.78 is 25.6. The molecule has 0 saturated carbocycles. The molecule has 9 nitrogen and oxygen atoms in total. The third-order valence-corrected chi connectivity index (χ3v) is 8.03. The molecule has 9 heteroatoms. The van der Waals surface area contributed by atoms with Crippen LogP contribution in [0, 0.1) is 11.8 Å². The van der Waals surface area contributed by atoms with Crippen LogP contribution in [0.4, 0.5) is 0 Å². The minimum atomic E-state index is -0.135. The van der Waals surface area contributed by atoms with Crippen LogP contribution < -0.4 is 29.4 Å². The SMILES string of the molecule is CC(C)C(C(=O)CN)c1ccccc1.COc1ccc(C=NCC(=O)C(c2ccccc2)C(C)C)cc1OC.COc1ccc(OC)c(OC)c1. The Morgan fingerprint density at radius 2 is 1.04 bits per heavy atom. The maximum absolute atomic E-state index is 12.6. The molecule has 0 radical (unpaired) electrons. The highest BCUT2D eigenvalue weighted by molar-refractivity contribution is 5.90. The second-order valence-electron chi connectivity index (χ2n) is 12.2. The highest BCUT2D eigenvalue weighted by Gasteiger charge is 2.23. The van der Waals surface area contributed by atoms with Crippen molar-refractivity contribution in [2.45, 2.75) is 39.5 Å². The van der Waals surface area contributed by atoms with Crippen molar-refractivity contribution in [1.29, 1.82) is 0 Å². The normalized spacial score (nSPS) is 11.8. The van der Waals surface area contributed by atoms with E-state index in [1.54, 1.807) is 53.9 Å². The molecule has 2 unspecified atom stereocenters. The monoisotopic (exact) mass is 698 g/mol. The van der Waals surface area contributed by atoms with Gasteiger partial charge in [0.2, 0.25) is 0 Å². The van der Waals surface area contributed by atoms with Gasteiger partial charge in [0.25, 0.3) is 0 Å². The third-order valence-electron chi connectivity index (χ3n) is 8.03. The molecule has 0 aliphatic heterocycles. The van der Waals surface area contributed by atoms with Crippen LogP contribution in [0.2, 0.25) is 0 Å². The first-order valence-electron chi connectivity index (χ1n) is 16.9. The lowest BCUT2D eigenvalue weighted by Crippen LogP contribution is -2.25. The molecule has 0 spiro atoms. The van der Waals surface area contributed by atoms with E-state index < -0.39 is 0 Å². The average Bonchev–Trinajstić information content (AvgIpc) is 3.15. The fourth-order valence-corrected chi connectivity index (χ4v) is 5.55. The number of Topliss-reactive ketones (excluding diaryl/α,β-unsaturated/α-hetero) is 2. The molecule has 4 aromatic rings. The number of hydrogen-bond acceptors (Lipinski definition) is 9. The summed E-state index contributed by atoms with van der Waals surface area (Å²) in [7, 11) is 8.00. The number of nitrogens with zero attached hydrogens (tertiary/aromatic N) is 1. The van der Waals surface area contributed by atoms with Crippen LogP contribution in [0.3, 0.4) is 0 Å². The predicted molar refractivity (Wildman–Crippen MR) is 205 cm³/mol. The Morgan fingerprint density at radius 1 is 0.588 bits per heavy atom. The third kappa shape index (κ3) is 13.2. The molecule has 0 heterocycles. The zero-order chi connectivity index (χ0) is 37.8. The number of carbonyl (C=O) groups is 2. The van der Waals surface area contributed by atoms with Crippen LogP contribution in [0.25, 0.3) is 0 Å². The van der Waals surface area contributed by atoms with Gasteiger partial charge in [0.1, 0.15) is 5.75 Å². The highest BCUT2D eigenvalue weighted by Crippen LogP contribution is 2.31. The van der Waals surface area contributed by atoms with Crippen molar-refractivity contribution in [3.63, 3.8) is 0 Å². The molecule has 0 aliphatic carbocycles. The second-order valence-corrected chi connectivity index (χ2v) is 12.2. The van der Waals surface area contributed by atoms with Crippen LogP contribution in [0.5, 0.6) is 28.7 Å². The van der Waals surface area contributed by atoms with Crippen molar-refractivity contribution in [2.24, 2.45) is 22.6 Å². The first kappa shape index (κ1) is 42.0. The van der Waals surface area contributed by atoms with E-state index in [0.717, 1.165) is 22.4 Å². The smallest absolute Gasteiger partial charge is 0.164 e. The largest absolute Gasteiger partial charge is 0.497 e. The maximum atomic E-state index is 12.6. The van der Waals surface area contributed by atoms with Gasteiger partial charge in [-0.3, -0.25) is 14.6 Å². The van der Waals surface area contributed by atoms with Gasteiger partial charge in [-0.05, 0) is 58.9 Å². The number of nitrogens with two attached hydrogens (primary N) is 1. The van der Waals surface area contributed by atoms with Crippen molar-refractivity contribution in [2.75, 3.05) is 48.6 Å². The van der Waals surface area contributed by atoms with E-state index in [4.69, 9.17) is 29.4 Å². The lowest BCUT2D eigenvalue weighted by molar-refractivity contribution is -0.120. The molecule has 0 bridgehead atoms. The molecule has 0 fully saturated rings. The molecular weight excluding hydrogens is 644 g/mol. The van der Waals surface area contributed by atoms with Crippen LogP contribution >= 0.6 is 0 Å². The molecule has 0 aliphatic rings. The molecule has 4 rings (SSSR count). The van der Waals surface area contributed by atoms with Gasteiger partial charge in [0, 0.05) is 24.1 Å². The van der Waals surface area contributed by atoms with Gasteiger partial charge in [-0.2, -0.15) is 0 Å². The molecule has 0 aromatic heterocycles. The number of ketones is 2. The maximum Gasteiger partial charge on any atom is 0.164 e. The Bertz CT molecular complexity index is 1640. The average molecular weight is 699 g/mol. The quantitative estimate of drug-likeness (QED) is 0.125. The van der Waals surface area contributed by atoms with Crippen molar-refractivity contribution in [3.05, 3.63) is 114 Å². The molecule has 0 saturated heterocycles. The van der Waals surface area contributed by atoms with Gasteiger partial charge in [-0.1, -0.05) is 88.4 Å². The zero-order valence-corrected chi connectivity index (χ0v) is 31.4. The van der Waals surface area contributed by atoms with E-state index in [1.165, 1.54) is 0 Å². The van der Waals surface area contributed by atoms with E-state index in [-0.39, 0.29) is 42.4 Å². The van der Waals surface area contributed by atoms with Crippen LogP contribution in [0.1, 0.15) is 56.2 Å². The van der Waals surface area contributed by atoms with Gasteiger partial charge >= 0.3 is 0 Å². The summed E-state index contributed by atoms with van der Waals surface area (Å²) in [6, 6.07) is 30.7. The van der Waals surface area contributed by atoms with Crippen LogP contribution in [0.15, 0.2) is 102 Å². The predicted octanol–water partition coefficient (Wildman–Crippen LogP) is 7.80. The van der Waals surface area contributed by atoms with E-state index in [0.29, 0.717) is 28.9 Å². The molecule has 0 amide bonds. The Labute approximate surface area is 303 Å². The Kier molecular flexibility index (Phi) is 18.6. The molecule has 2 atom stereocenters. The van der Waals surface area contributed by atoms with Gasteiger partial charge < -0.3 is 29.4 Å². The first-order valence-corrected chi connectivity index (χ1v) is 16.9. The number of hydrogen-bond donors (Lipinski definition) is 1. The Hall–Kier alpha value is -5.15. The molecular formula is C42H54N2O7. The summed E-state index contributed by atoms with van der Waals surface area (Å²) in [5.74, 6) is 4.03. The number of benzene rings is 4. The second kappa shape index (κ2) is 22.5. The zero-order valence-electron chi connectivity index (χ0n) is 31.4.